The van der Waals surface area contributed by atoms with Crippen LogP contribution < -0.4 is 0 Å². The zero-order valence-corrected chi connectivity index (χ0v) is 7.16. The van der Waals surface area contributed by atoms with Crippen molar-refractivity contribution >= 4 is 9.05 Å². The molecule has 0 heterocycles. The van der Waals surface area contributed by atoms with Crippen LogP contribution in [0.2, 0.25) is 0 Å². The van der Waals surface area contributed by atoms with E-state index in [1.807, 2.05) is 0 Å². The fraction of sp³-hybridized carbons (Fsp3) is 1.00. The highest BCUT2D eigenvalue weighted by molar-refractivity contribution is 6.48. The summed E-state index contributed by atoms with van der Waals surface area (Å²) in [6.07, 6.45) is 0. The molecule has 3 N–H and O–H groups in total. The molecule has 0 spiro atoms. The molecule has 0 saturated heterocycles. The van der Waals surface area contributed by atoms with Gasteiger partial charge in [0.15, 0.2) is 5.79 Å². The maximum atomic E-state index is 8.43. The Kier molecular flexibility index (Phi) is 2.95. The average Bonchev–Trinajstić information content (AvgIpc) is 1.60. The summed E-state index contributed by atoms with van der Waals surface area (Å²) in [5.74, 6) is -1.16. The third kappa shape index (κ3) is 4.85. The summed E-state index contributed by atoms with van der Waals surface area (Å²) in [5.41, 5.74) is 0. The second kappa shape index (κ2) is 2.95. The highest BCUT2D eigenvalue weighted by Gasteiger charge is 2.38. The van der Waals surface area contributed by atoms with Gasteiger partial charge in [-0.2, -0.15) is 0 Å². The van der Waals surface area contributed by atoms with Crippen LogP contribution in [0.3, 0.4) is 0 Å². The first kappa shape index (κ1) is 10.0. The molecule has 0 atom stereocenters. The van der Waals surface area contributed by atoms with Gasteiger partial charge in [0, 0.05) is 7.11 Å². The molecule has 0 aromatic carbocycles. The third-order valence-corrected chi connectivity index (χ3v) is 1.64. The molecule has 62 valence electrons. The van der Waals surface area contributed by atoms with E-state index in [-0.39, 0.29) is 0 Å². The quantitative estimate of drug-likeness (QED) is 0.364. The summed E-state index contributed by atoms with van der Waals surface area (Å²) < 4.78 is 9.00. The van der Waals surface area contributed by atoms with Crippen LogP contribution in [0.25, 0.3) is 0 Å². The molecule has 0 aromatic heterocycles. The van der Waals surface area contributed by atoms with Gasteiger partial charge in [-0.25, -0.2) is 0 Å². The molecule has 6 heteroatoms. The van der Waals surface area contributed by atoms with E-state index in [1.54, 1.807) is 0 Å². The van der Waals surface area contributed by atoms with Crippen LogP contribution in [-0.4, -0.2) is 36.3 Å². The Morgan fingerprint density at radius 1 is 1.20 bits per heavy atom. The van der Waals surface area contributed by atoms with Crippen molar-refractivity contribution in [3.63, 3.8) is 0 Å². The number of hydrogen-bond acceptors (Lipinski definition) is 5. The molecule has 0 radical (unpaired) electrons. The summed E-state index contributed by atoms with van der Waals surface area (Å²) in [6.45, 7) is 2.91. The minimum absolute atomic E-state index is 1.16. The lowest BCUT2D eigenvalue weighted by molar-refractivity contribution is -0.177. The Morgan fingerprint density at radius 2 is 1.60 bits per heavy atom. The fourth-order valence-corrected chi connectivity index (χ4v) is 1.11. The van der Waals surface area contributed by atoms with E-state index in [0.29, 0.717) is 0 Å². The van der Waals surface area contributed by atoms with Gasteiger partial charge in [-0.05, 0) is 13.8 Å². The molecule has 0 bridgehead atoms. The van der Waals surface area contributed by atoms with E-state index in [4.69, 9.17) is 14.4 Å². The molecular weight excluding hydrogens is 156 g/mol. The largest absolute Gasteiger partial charge is 0.673 e. The zero-order valence-electron chi connectivity index (χ0n) is 6.16. The topological polar surface area (TPSA) is 79.2 Å². The van der Waals surface area contributed by atoms with Gasteiger partial charge in [0.05, 0.1) is 0 Å². The Balaban J connectivity index is 3.89. The van der Waals surface area contributed by atoms with Crippen LogP contribution in [0, 0.1) is 0 Å². The van der Waals surface area contributed by atoms with E-state index in [1.165, 1.54) is 21.0 Å². The Morgan fingerprint density at radius 3 is 1.70 bits per heavy atom. The highest BCUT2D eigenvalue weighted by atomic mass is 28.4. The number of ether oxygens (including phenoxy) is 1. The van der Waals surface area contributed by atoms with Crippen LogP contribution in [-0.2, 0) is 9.16 Å². The molecule has 0 aromatic rings. The molecule has 5 nitrogen and oxygen atoms in total. The molecule has 0 rings (SSSR count). The third-order valence-electron chi connectivity index (χ3n) is 0.874. The van der Waals surface area contributed by atoms with Crippen LogP contribution in [0.15, 0.2) is 0 Å². The smallest absolute Gasteiger partial charge is 0.368 e. The summed E-state index contributed by atoms with van der Waals surface area (Å²) in [4.78, 5) is 25.3. The second-order valence-electron chi connectivity index (χ2n) is 2.28. The summed E-state index contributed by atoms with van der Waals surface area (Å²) >= 11 is 0. The van der Waals surface area contributed by atoms with Crippen molar-refractivity contribution in [1.82, 2.24) is 0 Å². The van der Waals surface area contributed by atoms with Gasteiger partial charge in [-0.1, -0.05) is 0 Å². The van der Waals surface area contributed by atoms with Crippen LogP contribution in [0.1, 0.15) is 13.8 Å². The molecule has 0 aliphatic rings. The van der Waals surface area contributed by atoms with Gasteiger partial charge >= 0.3 is 9.05 Å². The lowest BCUT2D eigenvalue weighted by Crippen LogP contribution is -2.47. The second-order valence-corrected chi connectivity index (χ2v) is 3.63. The van der Waals surface area contributed by atoms with Crippen molar-refractivity contribution in [1.29, 1.82) is 0 Å². The SMILES string of the molecule is COC(C)(C)O[Si](O)(O)O. The normalized spacial score (nSPS) is 13.8. The average molecular weight is 168 g/mol. The molecule has 10 heavy (non-hydrogen) atoms. The molecule has 0 aliphatic heterocycles. The molecule has 0 saturated carbocycles. The molecule has 0 fully saturated rings. The molecule has 0 unspecified atom stereocenters. The first-order valence-electron chi connectivity index (χ1n) is 2.69. The van der Waals surface area contributed by atoms with Crippen LogP contribution in [0.4, 0.5) is 0 Å². The van der Waals surface area contributed by atoms with Crippen molar-refractivity contribution in [2.24, 2.45) is 0 Å². The Labute approximate surface area is 60.3 Å². The Hall–Kier alpha value is 0.0169. The van der Waals surface area contributed by atoms with E-state index in [2.05, 4.69) is 9.16 Å². The molecular formula is C4H12O5Si. The van der Waals surface area contributed by atoms with Gasteiger partial charge in [-0.3, -0.25) is 0 Å². The van der Waals surface area contributed by atoms with Crippen LogP contribution in [0.5, 0.6) is 0 Å². The first-order chi connectivity index (χ1) is 4.27. The predicted molar refractivity (Wildman–Crippen MR) is 34.6 cm³/mol. The summed E-state index contributed by atoms with van der Waals surface area (Å²) in [7, 11) is -3.11. The Bertz CT molecular complexity index is 107. The highest BCUT2D eigenvalue weighted by Crippen LogP contribution is 2.12. The number of methoxy groups -OCH3 is 1. The van der Waals surface area contributed by atoms with Crippen molar-refractivity contribution < 1.29 is 23.5 Å². The summed E-state index contributed by atoms with van der Waals surface area (Å²) in [6, 6.07) is 0. The predicted octanol–water partition coefficient (Wildman–Crippen LogP) is -1.20. The maximum Gasteiger partial charge on any atom is 0.673 e. The number of rotatable bonds is 3. The van der Waals surface area contributed by atoms with Gasteiger partial charge in [0.25, 0.3) is 0 Å². The van der Waals surface area contributed by atoms with Crippen LogP contribution >= 0.6 is 0 Å². The lowest BCUT2D eigenvalue weighted by atomic mass is 10.4. The fourth-order valence-electron chi connectivity index (χ4n) is 0.371. The first-order valence-corrected chi connectivity index (χ1v) is 4.44. The van der Waals surface area contributed by atoms with Gasteiger partial charge in [0.1, 0.15) is 0 Å². The van der Waals surface area contributed by atoms with E-state index >= 15 is 0 Å². The minimum Gasteiger partial charge on any atom is -0.368 e. The van der Waals surface area contributed by atoms with Gasteiger partial charge < -0.3 is 23.5 Å². The monoisotopic (exact) mass is 168 g/mol. The van der Waals surface area contributed by atoms with E-state index in [9.17, 15) is 0 Å². The maximum absolute atomic E-state index is 8.43. The minimum atomic E-state index is -4.44. The zero-order chi connectivity index (χ0) is 8.41. The summed E-state index contributed by atoms with van der Waals surface area (Å²) in [5, 5.41) is 0. The van der Waals surface area contributed by atoms with Gasteiger partial charge in [-0.15, -0.1) is 0 Å². The van der Waals surface area contributed by atoms with Crippen molar-refractivity contribution in [3.05, 3.63) is 0 Å². The van der Waals surface area contributed by atoms with Gasteiger partial charge in [0.2, 0.25) is 0 Å². The van der Waals surface area contributed by atoms with Crippen molar-refractivity contribution in [3.8, 4) is 0 Å². The molecule has 0 aliphatic carbocycles. The number of hydrogen-bond donors (Lipinski definition) is 3. The van der Waals surface area contributed by atoms with E-state index < -0.39 is 14.8 Å². The van der Waals surface area contributed by atoms with Crippen molar-refractivity contribution in [2.45, 2.75) is 19.6 Å². The van der Waals surface area contributed by atoms with E-state index in [0.717, 1.165) is 0 Å². The molecule has 0 amide bonds. The standard InChI is InChI=1S/C4H12O5Si/c1-4(2,8-3)9-10(5,6)7/h5-7H,1-3H3. The van der Waals surface area contributed by atoms with Crippen molar-refractivity contribution in [2.75, 3.05) is 7.11 Å². The lowest BCUT2D eigenvalue weighted by Gasteiger charge is -2.25.